The number of nitrogens with one attached hydrogen (secondary N) is 1. The lowest BCUT2D eigenvalue weighted by Crippen LogP contribution is -2.47. The van der Waals surface area contributed by atoms with Crippen molar-refractivity contribution in [2.24, 2.45) is 0 Å². The molecular formula is C37H35BrN6O5. The fourth-order valence-electron chi connectivity index (χ4n) is 6.09. The molecule has 1 aliphatic carbocycles. The van der Waals surface area contributed by atoms with Crippen LogP contribution in [0.2, 0.25) is 0 Å². The smallest absolute Gasteiger partial charge is 0.333 e. The van der Waals surface area contributed by atoms with Gasteiger partial charge in [0.1, 0.15) is 18.1 Å². The van der Waals surface area contributed by atoms with Crippen molar-refractivity contribution >= 4 is 27.7 Å². The lowest BCUT2D eigenvalue weighted by Gasteiger charge is -2.34. The quantitative estimate of drug-likeness (QED) is 0.218. The predicted molar refractivity (Wildman–Crippen MR) is 187 cm³/mol. The number of amides is 2. The van der Waals surface area contributed by atoms with E-state index in [4.69, 9.17) is 4.74 Å². The summed E-state index contributed by atoms with van der Waals surface area (Å²) in [6.45, 7) is 4.45. The molecule has 250 valence electrons. The minimum atomic E-state index is -0.775. The maximum Gasteiger partial charge on any atom is 0.333 e. The molecule has 2 N–H and O–H groups in total. The number of carbonyl (C=O) groups excluding carboxylic acids is 2. The second-order valence-electron chi connectivity index (χ2n) is 12.7. The van der Waals surface area contributed by atoms with Crippen LogP contribution < -0.4 is 15.7 Å². The second-order valence-corrected chi connectivity index (χ2v) is 13.5. The minimum absolute atomic E-state index is 0.0638. The number of halogens is 1. The largest absolute Gasteiger partial charge is 0.491 e. The van der Waals surface area contributed by atoms with Crippen molar-refractivity contribution in [3.63, 3.8) is 0 Å². The number of imidazole rings is 1. The first kappa shape index (κ1) is 32.5. The van der Waals surface area contributed by atoms with E-state index in [-0.39, 0.29) is 49.6 Å². The van der Waals surface area contributed by atoms with Gasteiger partial charge in [-0.2, -0.15) is 0 Å². The van der Waals surface area contributed by atoms with Crippen molar-refractivity contribution in [1.29, 1.82) is 0 Å². The molecule has 3 aromatic carbocycles. The molecule has 2 aliphatic rings. The standard InChI is InChI=1S/C37H35BrN6O5/c1-23-18-25(8-13-30(23)38)35(46)42-21-31-32(34(45)41-19-26-6-3-4-7-29(26)33-39-16-5-17-40-33)44(36(47)43(31)20-24(42)2)27-9-11-28(12-10-27)49-22-37(48)14-15-37/h3-13,16-18,24,48H,14-15,19-22H2,1-2H3,(H,41,45)/t24-/m0/s1. The van der Waals surface area contributed by atoms with Gasteiger partial charge in [0.25, 0.3) is 11.8 Å². The average Bonchev–Trinajstić information content (AvgIpc) is 3.80. The highest BCUT2D eigenvalue weighted by atomic mass is 79.9. The summed E-state index contributed by atoms with van der Waals surface area (Å²) < 4.78 is 9.68. The Hall–Kier alpha value is -5.07. The number of aliphatic hydroxyl groups is 1. The summed E-state index contributed by atoms with van der Waals surface area (Å²) in [6, 6.07) is 21.3. The molecule has 1 aliphatic heterocycles. The van der Waals surface area contributed by atoms with E-state index in [0.717, 1.165) is 21.2 Å². The molecule has 1 saturated carbocycles. The molecular weight excluding hydrogens is 688 g/mol. The summed E-state index contributed by atoms with van der Waals surface area (Å²) in [5.74, 6) is 0.429. The maximum atomic E-state index is 14.3. The van der Waals surface area contributed by atoms with Crippen LogP contribution in [0.3, 0.4) is 0 Å². The highest BCUT2D eigenvalue weighted by molar-refractivity contribution is 9.10. The first-order valence-corrected chi connectivity index (χ1v) is 16.9. The van der Waals surface area contributed by atoms with Crippen molar-refractivity contribution in [1.82, 2.24) is 29.3 Å². The summed E-state index contributed by atoms with van der Waals surface area (Å²) in [7, 11) is 0. The van der Waals surface area contributed by atoms with Crippen LogP contribution in [0, 0.1) is 6.92 Å². The first-order chi connectivity index (χ1) is 23.6. The zero-order valence-electron chi connectivity index (χ0n) is 27.1. The van der Waals surface area contributed by atoms with Crippen molar-refractivity contribution in [2.75, 3.05) is 6.61 Å². The molecule has 7 rings (SSSR count). The Balaban J connectivity index is 1.24. The van der Waals surface area contributed by atoms with Gasteiger partial charge in [-0.25, -0.2) is 14.8 Å². The molecule has 1 atom stereocenters. The topological polar surface area (TPSA) is 132 Å². The highest BCUT2D eigenvalue weighted by Crippen LogP contribution is 2.35. The van der Waals surface area contributed by atoms with Crippen LogP contribution in [0.5, 0.6) is 5.75 Å². The van der Waals surface area contributed by atoms with Gasteiger partial charge in [-0.3, -0.25) is 18.7 Å². The number of ether oxygens (including phenoxy) is 1. The fraction of sp³-hybridized carbons (Fsp3) is 0.270. The number of aryl methyl sites for hydroxylation is 1. The molecule has 0 bridgehead atoms. The molecule has 3 heterocycles. The third-order valence-corrected chi connectivity index (χ3v) is 10.0. The minimum Gasteiger partial charge on any atom is -0.491 e. The monoisotopic (exact) mass is 722 g/mol. The summed E-state index contributed by atoms with van der Waals surface area (Å²) >= 11 is 3.50. The number of aromatic nitrogens is 4. The van der Waals surface area contributed by atoms with Crippen LogP contribution >= 0.6 is 15.9 Å². The van der Waals surface area contributed by atoms with Crippen molar-refractivity contribution in [3.8, 4) is 22.8 Å². The van der Waals surface area contributed by atoms with Gasteiger partial charge in [-0.1, -0.05) is 40.2 Å². The van der Waals surface area contributed by atoms with E-state index in [2.05, 4.69) is 31.2 Å². The van der Waals surface area contributed by atoms with Crippen molar-refractivity contribution in [3.05, 3.63) is 128 Å². The SMILES string of the molecule is Cc1cc(C(=O)N2Cc3c(C(=O)NCc4ccccc4-c4ncccn4)n(-c4ccc(OCC5(O)CC5)cc4)c(=O)n3C[C@@H]2C)ccc1Br. The van der Waals surface area contributed by atoms with Crippen LogP contribution in [0.4, 0.5) is 0 Å². The molecule has 0 saturated heterocycles. The van der Waals surface area contributed by atoms with Crippen LogP contribution in [0.25, 0.3) is 17.1 Å². The molecule has 2 amide bonds. The normalized spacial score (nSPS) is 16.2. The number of nitrogens with zero attached hydrogens (tertiary/aromatic N) is 5. The Morgan fingerprint density at radius 1 is 1.04 bits per heavy atom. The number of benzene rings is 3. The van der Waals surface area contributed by atoms with E-state index < -0.39 is 11.5 Å². The van der Waals surface area contributed by atoms with Gasteiger partial charge in [0.2, 0.25) is 0 Å². The summed E-state index contributed by atoms with van der Waals surface area (Å²) in [4.78, 5) is 52.7. The van der Waals surface area contributed by atoms with E-state index in [1.165, 1.54) is 4.57 Å². The Bertz CT molecular complexity index is 2110. The van der Waals surface area contributed by atoms with E-state index in [1.807, 2.05) is 50.2 Å². The fourth-order valence-corrected chi connectivity index (χ4v) is 6.34. The van der Waals surface area contributed by atoms with Crippen LogP contribution in [-0.4, -0.2) is 59.2 Å². The Morgan fingerprint density at radius 2 is 1.78 bits per heavy atom. The predicted octanol–water partition coefficient (Wildman–Crippen LogP) is 5.05. The van der Waals surface area contributed by atoms with E-state index in [9.17, 15) is 19.5 Å². The lowest BCUT2D eigenvalue weighted by molar-refractivity contribution is 0.0610. The van der Waals surface area contributed by atoms with Crippen LogP contribution in [-0.2, 0) is 19.6 Å². The van der Waals surface area contributed by atoms with Gasteiger partial charge in [-0.05, 0) is 86.3 Å². The van der Waals surface area contributed by atoms with E-state index in [1.54, 1.807) is 58.3 Å². The van der Waals surface area contributed by atoms with Gasteiger partial charge in [0, 0.05) is 47.1 Å². The van der Waals surface area contributed by atoms with Crippen molar-refractivity contribution in [2.45, 2.75) is 58.0 Å². The number of hydrogen-bond acceptors (Lipinski definition) is 7. The average molecular weight is 724 g/mol. The van der Waals surface area contributed by atoms with Gasteiger partial charge in [0.15, 0.2) is 5.82 Å². The van der Waals surface area contributed by atoms with E-state index in [0.29, 0.717) is 41.4 Å². The van der Waals surface area contributed by atoms with Crippen LogP contribution in [0.15, 0.2) is 94.5 Å². The molecule has 2 aromatic heterocycles. The first-order valence-electron chi connectivity index (χ1n) is 16.1. The van der Waals surface area contributed by atoms with Gasteiger partial charge in [0.05, 0.1) is 23.5 Å². The summed E-state index contributed by atoms with van der Waals surface area (Å²) in [6.07, 6.45) is 4.74. The number of rotatable bonds is 9. The van der Waals surface area contributed by atoms with Gasteiger partial charge >= 0.3 is 5.69 Å². The molecule has 11 nitrogen and oxygen atoms in total. The molecule has 1 fully saturated rings. The zero-order chi connectivity index (χ0) is 34.3. The van der Waals surface area contributed by atoms with Gasteiger partial charge < -0.3 is 20.1 Å². The second kappa shape index (κ2) is 13.1. The number of carbonyl (C=O) groups is 2. The number of fused-ring (bicyclic) bond motifs is 1. The Morgan fingerprint density at radius 3 is 2.49 bits per heavy atom. The zero-order valence-corrected chi connectivity index (χ0v) is 28.7. The molecule has 0 spiro atoms. The molecule has 0 unspecified atom stereocenters. The lowest BCUT2D eigenvalue weighted by atomic mass is 10.1. The molecule has 12 heteroatoms. The molecule has 5 aromatic rings. The van der Waals surface area contributed by atoms with E-state index >= 15 is 0 Å². The third kappa shape index (κ3) is 6.53. The Labute approximate surface area is 291 Å². The Kier molecular flexibility index (Phi) is 8.68. The third-order valence-electron chi connectivity index (χ3n) is 9.12. The summed E-state index contributed by atoms with van der Waals surface area (Å²) in [5.41, 5.74) is 2.95. The maximum absolute atomic E-state index is 14.3. The highest BCUT2D eigenvalue weighted by Gasteiger charge is 2.41. The van der Waals surface area contributed by atoms with Crippen molar-refractivity contribution < 1.29 is 19.4 Å². The van der Waals surface area contributed by atoms with Gasteiger partial charge in [-0.15, -0.1) is 0 Å². The van der Waals surface area contributed by atoms with Crippen LogP contribution in [0.1, 0.15) is 57.4 Å². The summed E-state index contributed by atoms with van der Waals surface area (Å²) in [5, 5.41) is 13.2. The molecule has 49 heavy (non-hydrogen) atoms. The molecule has 0 radical (unpaired) electrons. The number of hydrogen-bond donors (Lipinski definition) is 2.